The van der Waals surface area contributed by atoms with Crippen LogP contribution in [-0.4, -0.2) is 17.0 Å². The number of rotatable bonds is 3. The number of nitrogens with zero attached hydrogens (tertiary/aromatic N) is 1. The molecule has 1 aliphatic rings. The number of carbonyl (C=O) groups excluding carboxylic acids is 1. The van der Waals surface area contributed by atoms with Gasteiger partial charge in [-0.3, -0.25) is 10.1 Å². The van der Waals surface area contributed by atoms with Gasteiger partial charge in [-0.2, -0.15) is 0 Å². The van der Waals surface area contributed by atoms with Gasteiger partial charge < -0.3 is 4.74 Å². The van der Waals surface area contributed by atoms with Crippen molar-refractivity contribution in [3.8, 4) is 0 Å². The van der Waals surface area contributed by atoms with Crippen LogP contribution in [0.25, 0.3) is 0 Å². The van der Waals surface area contributed by atoms with Crippen LogP contribution in [0.15, 0.2) is 18.2 Å². The minimum absolute atomic E-state index is 0.0542. The third-order valence-electron chi connectivity index (χ3n) is 3.54. The van der Waals surface area contributed by atoms with Crippen LogP contribution in [0.3, 0.4) is 0 Å². The lowest BCUT2D eigenvalue weighted by Crippen LogP contribution is -2.24. The molecule has 1 aliphatic carbocycles. The number of nitro groups is 1. The summed E-state index contributed by atoms with van der Waals surface area (Å²) in [7, 11) is 0. The van der Waals surface area contributed by atoms with Crippen LogP contribution in [0, 0.1) is 16.0 Å². The van der Waals surface area contributed by atoms with E-state index in [2.05, 4.69) is 6.92 Å². The molecule has 20 heavy (non-hydrogen) atoms. The zero-order valence-electron chi connectivity index (χ0n) is 11.2. The molecule has 1 fully saturated rings. The normalized spacial score (nSPS) is 22.3. The lowest BCUT2D eigenvalue weighted by atomic mass is 9.89. The van der Waals surface area contributed by atoms with E-state index in [1.807, 2.05) is 0 Å². The molecule has 0 heterocycles. The Morgan fingerprint density at radius 1 is 1.45 bits per heavy atom. The first-order valence-electron chi connectivity index (χ1n) is 6.62. The molecule has 0 amide bonds. The van der Waals surface area contributed by atoms with Gasteiger partial charge in [-0.05, 0) is 37.3 Å². The molecule has 6 heteroatoms. The van der Waals surface area contributed by atoms with E-state index in [0.29, 0.717) is 5.92 Å². The van der Waals surface area contributed by atoms with Crippen LogP contribution in [0.2, 0.25) is 5.02 Å². The predicted molar refractivity (Wildman–Crippen MR) is 74.9 cm³/mol. The number of nitro benzene ring substituents is 1. The van der Waals surface area contributed by atoms with Crippen molar-refractivity contribution in [1.29, 1.82) is 0 Å². The average molecular weight is 298 g/mol. The minimum atomic E-state index is -0.583. The van der Waals surface area contributed by atoms with E-state index in [4.69, 9.17) is 16.3 Å². The van der Waals surface area contributed by atoms with E-state index in [1.165, 1.54) is 18.2 Å². The highest BCUT2D eigenvalue weighted by Crippen LogP contribution is 2.28. The topological polar surface area (TPSA) is 69.4 Å². The minimum Gasteiger partial charge on any atom is -0.459 e. The van der Waals surface area contributed by atoms with Crippen molar-refractivity contribution in [1.82, 2.24) is 0 Å². The maximum Gasteiger partial charge on any atom is 0.338 e. The summed E-state index contributed by atoms with van der Waals surface area (Å²) in [5.41, 5.74) is 0.0355. The second-order valence-corrected chi connectivity index (χ2v) is 5.63. The SMILES string of the molecule is CC1CCCC(OC(=O)c2ccc([N+](=O)[O-])c(Cl)c2)C1. The van der Waals surface area contributed by atoms with Crippen LogP contribution < -0.4 is 0 Å². The van der Waals surface area contributed by atoms with Crippen LogP contribution in [-0.2, 0) is 4.74 Å². The molecule has 0 N–H and O–H groups in total. The fourth-order valence-electron chi connectivity index (χ4n) is 2.49. The molecular formula is C14H16ClNO4. The number of carbonyl (C=O) groups is 1. The Labute approximate surface area is 122 Å². The summed E-state index contributed by atoms with van der Waals surface area (Å²) in [6.07, 6.45) is 3.89. The summed E-state index contributed by atoms with van der Waals surface area (Å²) in [5.74, 6) is 0.0860. The first-order valence-corrected chi connectivity index (χ1v) is 7.00. The molecule has 108 valence electrons. The van der Waals surface area contributed by atoms with Crippen LogP contribution >= 0.6 is 11.6 Å². The van der Waals surface area contributed by atoms with Gasteiger partial charge in [0.05, 0.1) is 10.5 Å². The molecule has 0 bridgehead atoms. The molecule has 0 spiro atoms. The lowest BCUT2D eigenvalue weighted by Gasteiger charge is -2.26. The number of ether oxygens (including phenoxy) is 1. The average Bonchev–Trinajstić information content (AvgIpc) is 2.38. The van der Waals surface area contributed by atoms with Crippen molar-refractivity contribution in [2.75, 3.05) is 0 Å². The Balaban J connectivity index is 2.05. The van der Waals surface area contributed by atoms with Crippen LogP contribution in [0.5, 0.6) is 0 Å². The predicted octanol–water partition coefficient (Wildman–Crippen LogP) is 3.98. The molecule has 0 aromatic heterocycles. The van der Waals surface area contributed by atoms with Crippen molar-refractivity contribution in [3.05, 3.63) is 38.9 Å². The van der Waals surface area contributed by atoms with E-state index in [1.54, 1.807) is 0 Å². The fourth-order valence-corrected chi connectivity index (χ4v) is 2.74. The van der Waals surface area contributed by atoms with Gasteiger partial charge in [0.25, 0.3) is 5.69 Å². The van der Waals surface area contributed by atoms with E-state index < -0.39 is 10.9 Å². The highest BCUT2D eigenvalue weighted by Gasteiger charge is 2.23. The molecular weight excluding hydrogens is 282 g/mol. The zero-order valence-corrected chi connectivity index (χ0v) is 11.9. The summed E-state index contributed by atoms with van der Waals surface area (Å²) >= 11 is 5.78. The Bertz CT molecular complexity index is 532. The molecule has 2 rings (SSSR count). The van der Waals surface area contributed by atoms with Gasteiger partial charge in [0.2, 0.25) is 0 Å². The molecule has 5 nitrogen and oxygen atoms in total. The lowest BCUT2D eigenvalue weighted by molar-refractivity contribution is -0.384. The third kappa shape index (κ3) is 3.48. The molecule has 2 atom stereocenters. The van der Waals surface area contributed by atoms with Crippen molar-refractivity contribution in [3.63, 3.8) is 0 Å². The van der Waals surface area contributed by atoms with Crippen LogP contribution in [0.1, 0.15) is 43.0 Å². The van der Waals surface area contributed by atoms with Gasteiger partial charge in [-0.15, -0.1) is 0 Å². The zero-order chi connectivity index (χ0) is 14.7. The number of benzene rings is 1. The Hall–Kier alpha value is -1.62. The molecule has 1 saturated carbocycles. The first kappa shape index (κ1) is 14.8. The molecule has 1 aromatic carbocycles. The number of hydrogen-bond donors (Lipinski definition) is 0. The standard InChI is InChI=1S/C14H16ClNO4/c1-9-3-2-4-11(7-9)20-14(17)10-5-6-13(16(18)19)12(15)8-10/h5-6,8-9,11H,2-4,7H2,1H3. The largest absolute Gasteiger partial charge is 0.459 e. The van der Waals surface area contributed by atoms with Gasteiger partial charge >= 0.3 is 5.97 Å². The van der Waals surface area contributed by atoms with E-state index >= 15 is 0 Å². The number of esters is 1. The molecule has 0 aliphatic heterocycles. The maximum absolute atomic E-state index is 12.0. The monoisotopic (exact) mass is 297 g/mol. The number of halogens is 1. The first-order chi connectivity index (χ1) is 9.47. The van der Waals surface area contributed by atoms with Gasteiger partial charge in [0, 0.05) is 6.07 Å². The van der Waals surface area contributed by atoms with E-state index in [0.717, 1.165) is 25.7 Å². The van der Waals surface area contributed by atoms with Crippen molar-refractivity contribution < 1.29 is 14.5 Å². The quantitative estimate of drug-likeness (QED) is 0.480. The van der Waals surface area contributed by atoms with Gasteiger partial charge in [-0.25, -0.2) is 4.79 Å². The Morgan fingerprint density at radius 3 is 2.80 bits per heavy atom. The second kappa shape index (κ2) is 6.22. The second-order valence-electron chi connectivity index (χ2n) is 5.22. The highest BCUT2D eigenvalue weighted by molar-refractivity contribution is 6.33. The molecule has 2 unspecified atom stereocenters. The van der Waals surface area contributed by atoms with Gasteiger partial charge in [0.1, 0.15) is 11.1 Å². The molecule has 0 radical (unpaired) electrons. The Kier molecular flexibility index (Phi) is 4.60. The summed E-state index contributed by atoms with van der Waals surface area (Å²) in [6, 6.07) is 3.88. The summed E-state index contributed by atoms with van der Waals surface area (Å²) in [4.78, 5) is 22.1. The highest BCUT2D eigenvalue weighted by atomic mass is 35.5. The van der Waals surface area contributed by atoms with Crippen molar-refractivity contribution >= 4 is 23.3 Å². The summed E-state index contributed by atoms with van der Waals surface area (Å²) in [5, 5.41) is 10.6. The summed E-state index contributed by atoms with van der Waals surface area (Å²) in [6.45, 7) is 2.14. The maximum atomic E-state index is 12.0. The van der Waals surface area contributed by atoms with Gasteiger partial charge in [0.15, 0.2) is 0 Å². The molecule has 1 aromatic rings. The molecule has 0 saturated heterocycles. The van der Waals surface area contributed by atoms with Gasteiger partial charge in [-0.1, -0.05) is 24.9 Å². The van der Waals surface area contributed by atoms with Crippen molar-refractivity contribution in [2.24, 2.45) is 5.92 Å². The van der Waals surface area contributed by atoms with E-state index in [9.17, 15) is 14.9 Å². The van der Waals surface area contributed by atoms with Crippen LogP contribution in [0.4, 0.5) is 5.69 Å². The fraction of sp³-hybridized carbons (Fsp3) is 0.500. The smallest absolute Gasteiger partial charge is 0.338 e. The number of hydrogen-bond acceptors (Lipinski definition) is 4. The Morgan fingerprint density at radius 2 is 2.20 bits per heavy atom. The third-order valence-corrected chi connectivity index (χ3v) is 3.84. The van der Waals surface area contributed by atoms with E-state index in [-0.39, 0.29) is 22.4 Å². The van der Waals surface area contributed by atoms with Crippen molar-refractivity contribution in [2.45, 2.75) is 38.7 Å². The summed E-state index contributed by atoms with van der Waals surface area (Å²) < 4.78 is 5.44.